The molecule has 0 spiro atoms. The van der Waals surface area contributed by atoms with Crippen LogP contribution in [-0.4, -0.2) is 36.6 Å². The molecule has 2 atom stereocenters. The molecule has 1 rings (SSSR count). The highest BCUT2D eigenvalue weighted by atomic mass is 16.5. The van der Waals surface area contributed by atoms with Gasteiger partial charge in [0.1, 0.15) is 0 Å². The molecule has 5 nitrogen and oxygen atoms in total. The first-order valence-electron chi connectivity index (χ1n) is 5.50. The standard InChI is InChI=1S/C11H21N3O2/c1-6-16-8(2)10(12-3)11-9(15-5)7-13-14(11)4/h7-8,10,12H,6H2,1-5H3. The largest absolute Gasteiger partial charge is 0.493 e. The molecular formula is C11H21N3O2. The molecule has 2 unspecified atom stereocenters. The summed E-state index contributed by atoms with van der Waals surface area (Å²) in [4.78, 5) is 0. The van der Waals surface area contributed by atoms with Crippen LogP contribution < -0.4 is 10.1 Å². The maximum atomic E-state index is 5.61. The minimum atomic E-state index is 0.0688. The molecule has 1 heterocycles. The van der Waals surface area contributed by atoms with E-state index < -0.39 is 0 Å². The number of hydrogen-bond acceptors (Lipinski definition) is 4. The molecular weight excluding hydrogens is 206 g/mol. The van der Waals surface area contributed by atoms with Gasteiger partial charge in [0.2, 0.25) is 0 Å². The summed E-state index contributed by atoms with van der Waals surface area (Å²) in [6, 6.07) is 0.0717. The van der Waals surface area contributed by atoms with E-state index in [1.807, 2.05) is 32.6 Å². The molecule has 1 aromatic rings. The zero-order valence-electron chi connectivity index (χ0n) is 10.7. The number of nitrogens with zero attached hydrogens (tertiary/aromatic N) is 2. The quantitative estimate of drug-likeness (QED) is 0.791. The predicted molar refractivity (Wildman–Crippen MR) is 62.6 cm³/mol. The van der Waals surface area contributed by atoms with Crippen molar-refractivity contribution in [2.24, 2.45) is 7.05 Å². The smallest absolute Gasteiger partial charge is 0.161 e. The van der Waals surface area contributed by atoms with E-state index in [4.69, 9.17) is 9.47 Å². The van der Waals surface area contributed by atoms with Crippen molar-refractivity contribution in [2.45, 2.75) is 26.0 Å². The zero-order valence-corrected chi connectivity index (χ0v) is 10.7. The van der Waals surface area contributed by atoms with Gasteiger partial charge in [-0.2, -0.15) is 5.10 Å². The van der Waals surface area contributed by atoms with Crippen LogP contribution in [0.2, 0.25) is 0 Å². The van der Waals surface area contributed by atoms with Crippen molar-refractivity contribution in [1.29, 1.82) is 0 Å². The molecule has 0 aliphatic rings. The Labute approximate surface area is 96.7 Å². The fourth-order valence-electron chi connectivity index (χ4n) is 1.89. The van der Waals surface area contributed by atoms with Gasteiger partial charge in [0.25, 0.3) is 0 Å². The molecule has 1 N–H and O–H groups in total. The Bertz CT molecular complexity index is 325. The molecule has 0 saturated heterocycles. The molecule has 0 amide bonds. The molecule has 5 heteroatoms. The number of methoxy groups -OCH3 is 1. The lowest BCUT2D eigenvalue weighted by molar-refractivity contribution is 0.0465. The molecule has 0 aliphatic heterocycles. The minimum absolute atomic E-state index is 0.0688. The van der Waals surface area contributed by atoms with Gasteiger partial charge in [-0.3, -0.25) is 4.68 Å². The van der Waals surface area contributed by atoms with Crippen molar-refractivity contribution in [1.82, 2.24) is 15.1 Å². The highest BCUT2D eigenvalue weighted by Crippen LogP contribution is 2.27. The van der Waals surface area contributed by atoms with Crippen LogP contribution >= 0.6 is 0 Å². The predicted octanol–water partition coefficient (Wildman–Crippen LogP) is 1.11. The third-order valence-corrected chi connectivity index (χ3v) is 2.67. The minimum Gasteiger partial charge on any atom is -0.493 e. The third kappa shape index (κ3) is 2.54. The number of rotatable bonds is 6. The molecule has 1 aromatic heterocycles. The van der Waals surface area contributed by atoms with E-state index in [2.05, 4.69) is 10.4 Å². The van der Waals surface area contributed by atoms with Crippen LogP contribution in [0.5, 0.6) is 5.75 Å². The van der Waals surface area contributed by atoms with Gasteiger partial charge in [0.15, 0.2) is 5.75 Å². The second-order valence-electron chi connectivity index (χ2n) is 3.65. The van der Waals surface area contributed by atoms with Crippen molar-refractivity contribution in [3.8, 4) is 5.75 Å². The Balaban J connectivity index is 2.97. The summed E-state index contributed by atoms with van der Waals surface area (Å²) >= 11 is 0. The molecule has 16 heavy (non-hydrogen) atoms. The molecule has 0 fully saturated rings. The molecule has 0 saturated carbocycles. The van der Waals surface area contributed by atoms with Gasteiger partial charge in [-0.25, -0.2) is 0 Å². The van der Waals surface area contributed by atoms with Gasteiger partial charge >= 0.3 is 0 Å². The molecule has 0 radical (unpaired) electrons. The van der Waals surface area contributed by atoms with Gasteiger partial charge in [-0.15, -0.1) is 0 Å². The topological polar surface area (TPSA) is 48.3 Å². The van der Waals surface area contributed by atoms with Crippen LogP contribution in [0.25, 0.3) is 0 Å². The highest BCUT2D eigenvalue weighted by molar-refractivity contribution is 5.28. The first-order valence-corrected chi connectivity index (χ1v) is 5.50. The molecule has 0 bridgehead atoms. The Morgan fingerprint density at radius 3 is 2.75 bits per heavy atom. The first kappa shape index (κ1) is 13.0. The lowest BCUT2D eigenvalue weighted by Crippen LogP contribution is -2.31. The summed E-state index contributed by atoms with van der Waals surface area (Å²) in [7, 11) is 5.46. The third-order valence-electron chi connectivity index (χ3n) is 2.67. The van der Waals surface area contributed by atoms with E-state index in [9.17, 15) is 0 Å². The van der Waals surface area contributed by atoms with Crippen molar-refractivity contribution in [3.05, 3.63) is 11.9 Å². The molecule has 0 aliphatic carbocycles. The van der Waals surface area contributed by atoms with Crippen molar-refractivity contribution < 1.29 is 9.47 Å². The van der Waals surface area contributed by atoms with Crippen molar-refractivity contribution in [2.75, 3.05) is 20.8 Å². The first-order chi connectivity index (χ1) is 7.65. The monoisotopic (exact) mass is 227 g/mol. The van der Waals surface area contributed by atoms with Crippen LogP contribution in [0.3, 0.4) is 0 Å². The van der Waals surface area contributed by atoms with Crippen LogP contribution in [0.4, 0.5) is 0 Å². The fourth-order valence-corrected chi connectivity index (χ4v) is 1.89. The maximum Gasteiger partial charge on any atom is 0.161 e. The summed E-state index contributed by atoms with van der Waals surface area (Å²) in [6.07, 6.45) is 1.79. The number of nitrogens with one attached hydrogen (secondary N) is 1. The number of aryl methyl sites for hydroxylation is 1. The summed E-state index contributed by atoms with van der Waals surface area (Å²) in [5, 5.41) is 7.43. The number of hydrogen-bond donors (Lipinski definition) is 1. The number of ether oxygens (including phenoxy) is 2. The fraction of sp³-hybridized carbons (Fsp3) is 0.727. The molecule has 92 valence electrons. The Morgan fingerprint density at radius 2 is 2.25 bits per heavy atom. The van der Waals surface area contributed by atoms with Crippen LogP contribution in [-0.2, 0) is 11.8 Å². The second-order valence-corrected chi connectivity index (χ2v) is 3.65. The average Bonchev–Trinajstić information content (AvgIpc) is 2.62. The van der Waals surface area contributed by atoms with E-state index >= 15 is 0 Å². The van der Waals surface area contributed by atoms with Gasteiger partial charge in [-0.1, -0.05) is 0 Å². The normalized spacial score (nSPS) is 14.8. The van der Waals surface area contributed by atoms with Gasteiger partial charge in [0.05, 0.1) is 31.1 Å². The van der Waals surface area contributed by atoms with Crippen LogP contribution in [0.1, 0.15) is 25.6 Å². The Kier molecular flexibility index (Phi) is 4.76. The van der Waals surface area contributed by atoms with E-state index in [1.54, 1.807) is 13.3 Å². The van der Waals surface area contributed by atoms with Gasteiger partial charge in [0, 0.05) is 13.7 Å². The lowest BCUT2D eigenvalue weighted by Gasteiger charge is -2.24. The maximum absolute atomic E-state index is 5.61. The Hall–Kier alpha value is -1.07. The number of likely N-dealkylation sites (N-methyl/N-ethyl adjacent to an activating group) is 1. The highest BCUT2D eigenvalue weighted by Gasteiger charge is 2.24. The number of aromatic nitrogens is 2. The van der Waals surface area contributed by atoms with Crippen molar-refractivity contribution >= 4 is 0 Å². The van der Waals surface area contributed by atoms with Gasteiger partial charge < -0.3 is 14.8 Å². The zero-order chi connectivity index (χ0) is 12.1. The van der Waals surface area contributed by atoms with Gasteiger partial charge in [-0.05, 0) is 20.9 Å². The van der Waals surface area contributed by atoms with E-state index in [-0.39, 0.29) is 12.1 Å². The van der Waals surface area contributed by atoms with Crippen molar-refractivity contribution in [3.63, 3.8) is 0 Å². The summed E-state index contributed by atoms with van der Waals surface area (Å²) in [6.45, 7) is 4.72. The summed E-state index contributed by atoms with van der Waals surface area (Å²) < 4.78 is 12.7. The second kappa shape index (κ2) is 5.86. The molecule has 0 aromatic carbocycles. The van der Waals surface area contributed by atoms with E-state index in [1.165, 1.54) is 0 Å². The average molecular weight is 227 g/mol. The Morgan fingerprint density at radius 1 is 1.56 bits per heavy atom. The van der Waals surface area contributed by atoms with E-state index in [0.29, 0.717) is 6.61 Å². The van der Waals surface area contributed by atoms with Crippen LogP contribution in [0, 0.1) is 0 Å². The summed E-state index contributed by atoms with van der Waals surface area (Å²) in [5.41, 5.74) is 1.01. The van der Waals surface area contributed by atoms with Crippen LogP contribution in [0.15, 0.2) is 6.20 Å². The lowest BCUT2D eigenvalue weighted by atomic mass is 10.1. The summed E-state index contributed by atoms with van der Waals surface area (Å²) in [5.74, 6) is 0.786. The SMILES string of the molecule is CCOC(C)C(NC)c1c(OC)cnn1C. The van der Waals surface area contributed by atoms with E-state index in [0.717, 1.165) is 11.4 Å².